The van der Waals surface area contributed by atoms with Crippen LogP contribution in [-0.2, 0) is 6.42 Å². The van der Waals surface area contributed by atoms with Crippen molar-refractivity contribution >= 4 is 23.2 Å². The van der Waals surface area contributed by atoms with Crippen molar-refractivity contribution in [2.75, 3.05) is 0 Å². The highest BCUT2D eigenvalue weighted by Gasteiger charge is 2.09. The molecule has 1 rings (SSSR count). The molecule has 0 amide bonds. The molecule has 3 heteroatoms. The van der Waals surface area contributed by atoms with E-state index in [0.29, 0.717) is 10.9 Å². The fourth-order valence-electron chi connectivity index (χ4n) is 1.56. The van der Waals surface area contributed by atoms with Crippen LogP contribution in [0.15, 0.2) is 18.2 Å². The summed E-state index contributed by atoms with van der Waals surface area (Å²) in [6, 6.07) is 4.48. The Bertz CT molecular complexity index is 337. The molecule has 0 saturated heterocycles. The summed E-state index contributed by atoms with van der Waals surface area (Å²) in [6.45, 7) is 4.21. The zero-order valence-electron chi connectivity index (χ0n) is 9.64. The van der Waals surface area contributed by atoms with Gasteiger partial charge in [-0.3, -0.25) is 0 Å². The van der Waals surface area contributed by atoms with E-state index in [1.165, 1.54) is 12.1 Å². The number of alkyl halides is 1. The number of halogens is 3. The van der Waals surface area contributed by atoms with E-state index in [2.05, 4.69) is 13.8 Å². The van der Waals surface area contributed by atoms with E-state index in [9.17, 15) is 4.39 Å². The molecule has 90 valence electrons. The molecule has 0 heterocycles. The molecule has 0 saturated carbocycles. The fraction of sp³-hybridized carbons (Fsp3) is 0.538. The van der Waals surface area contributed by atoms with Gasteiger partial charge in [-0.1, -0.05) is 25.4 Å². The van der Waals surface area contributed by atoms with Crippen molar-refractivity contribution in [3.63, 3.8) is 0 Å². The molecule has 0 aromatic heterocycles. The summed E-state index contributed by atoms with van der Waals surface area (Å²) in [5.41, 5.74) is 0.870. The van der Waals surface area contributed by atoms with E-state index in [-0.39, 0.29) is 11.2 Å². The topological polar surface area (TPSA) is 0 Å². The molecule has 1 aromatic carbocycles. The van der Waals surface area contributed by atoms with E-state index in [4.69, 9.17) is 23.2 Å². The second-order valence-electron chi connectivity index (χ2n) is 4.39. The lowest BCUT2D eigenvalue weighted by atomic mass is 10.0. The van der Waals surface area contributed by atoms with Gasteiger partial charge in [0, 0.05) is 10.4 Å². The molecule has 0 fully saturated rings. The lowest BCUT2D eigenvalue weighted by Gasteiger charge is -2.13. The third-order valence-electron chi connectivity index (χ3n) is 2.66. The summed E-state index contributed by atoms with van der Waals surface area (Å²) in [5.74, 6) is 0.246. The van der Waals surface area contributed by atoms with Gasteiger partial charge in [0.05, 0.1) is 0 Å². The minimum atomic E-state index is -0.231. The van der Waals surface area contributed by atoms with E-state index in [1.807, 2.05) is 0 Å². The molecule has 1 unspecified atom stereocenters. The second kappa shape index (κ2) is 6.46. The predicted octanol–water partition coefficient (Wildman–Crippen LogP) is 5.07. The minimum absolute atomic E-state index is 0.187. The Morgan fingerprint density at radius 2 is 2.00 bits per heavy atom. The number of benzene rings is 1. The normalized spacial score (nSPS) is 13.1. The molecule has 0 aliphatic heterocycles. The van der Waals surface area contributed by atoms with Gasteiger partial charge >= 0.3 is 0 Å². The largest absolute Gasteiger partial charge is 0.207 e. The van der Waals surface area contributed by atoms with Crippen LogP contribution in [-0.4, -0.2) is 5.38 Å². The van der Waals surface area contributed by atoms with Gasteiger partial charge in [0.1, 0.15) is 5.82 Å². The SMILES string of the molecule is CC(C)C(Cl)CCCc1cc(F)ccc1Cl. The van der Waals surface area contributed by atoms with E-state index >= 15 is 0 Å². The minimum Gasteiger partial charge on any atom is -0.207 e. The summed E-state index contributed by atoms with van der Waals surface area (Å²) in [5, 5.41) is 0.824. The quantitative estimate of drug-likeness (QED) is 0.651. The van der Waals surface area contributed by atoms with Crippen molar-refractivity contribution in [2.45, 2.75) is 38.5 Å². The lowest BCUT2D eigenvalue weighted by Crippen LogP contribution is -2.07. The van der Waals surface area contributed by atoms with Gasteiger partial charge in [-0.15, -0.1) is 11.6 Å². The van der Waals surface area contributed by atoms with E-state index in [1.54, 1.807) is 6.07 Å². The third kappa shape index (κ3) is 4.31. The van der Waals surface area contributed by atoms with Gasteiger partial charge < -0.3 is 0 Å². The zero-order valence-corrected chi connectivity index (χ0v) is 11.2. The van der Waals surface area contributed by atoms with Crippen molar-refractivity contribution < 1.29 is 4.39 Å². The molecule has 0 spiro atoms. The van der Waals surface area contributed by atoms with Crippen molar-refractivity contribution in [3.05, 3.63) is 34.6 Å². The third-order valence-corrected chi connectivity index (χ3v) is 3.75. The van der Waals surface area contributed by atoms with Crippen molar-refractivity contribution in [3.8, 4) is 0 Å². The standard InChI is InChI=1S/C13H17Cl2F/c1-9(2)12(14)5-3-4-10-8-11(16)6-7-13(10)15/h6-9,12H,3-5H2,1-2H3. The molecule has 16 heavy (non-hydrogen) atoms. The molecule has 0 bridgehead atoms. The van der Waals surface area contributed by atoms with Crippen LogP contribution in [0.3, 0.4) is 0 Å². The summed E-state index contributed by atoms with van der Waals surface area (Å²) in [6.07, 6.45) is 2.66. The van der Waals surface area contributed by atoms with Gasteiger partial charge in [0.25, 0.3) is 0 Å². The van der Waals surface area contributed by atoms with E-state index in [0.717, 1.165) is 24.8 Å². The van der Waals surface area contributed by atoms with Crippen LogP contribution in [0.25, 0.3) is 0 Å². The Morgan fingerprint density at radius 1 is 1.31 bits per heavy atom. The lowest BCUT2D eigenvalue weighted by molar-refractivity contribution is 0.546. The van der Waals surface area contributed by atoms with Gasteiger partial charge in [0.2, 0.25) is 0 Å². The van der Waals surface area contributed by atoms with E-state index < -0.39 is 0 Å². The average Bonchev–Trinajstić information content (AvgIpc) is 2.22. The number of hydrogen-bond acceptors (Lipinski definition) is 0. The molecule has 0 aliphatic carbocycles. The first-order chi connectivity index (χ1) is 7.50. The summed E-state index contributed by atoms with van der Waals surface area (Å²) < 4.78 is 13.0. The van der Waals surface area contributed by atoms with Gasteiger partial charge in [-0.25, -0.2) is 4.39 Å². The maximum atomic E-state index is 13.0. The molecule has 1 atom stereocenters. The van der Waals surface area contributed by atoms with Crippen LogP contribution in [0.5, 0.6) is 0 Å². The van der Waals surface area contributed by atoms with Crippen LogP contribution < -0.4 is 0 Å². The molecular weight excluding hydrogens is 246 g/mol. The Hall–Kier alpha value is -0.270. The van der Waals surface area contributed by atoms with Crippen LogP contribution >= 0.6 is 23.2 Å². The highest BCUT2D eigenvalue weighted by Crippen LogP contribution is 2.21. The smallest absolute Gasteiger partial charge is 0.123 e. The van der Waals surface area contributed by atoms with Gasteiger partial charge in [0.15, 0.2) is 0 Å². The Labute approximate surface area is 107 Å². The number of aryl methyl sites for hydroxylation is 1. The van der Waals surface area contributed by atoms with Crippen molar-refractivity contribution in [1.82, 2.24) is 0 Å². The first kappa shape index (κ1) is 13.8. The summed E-state index contributed by atoms with van der Waals surface area (Å²) >= 11 is 12.1. The first-order valence-electron chi connectivity index (χ1n) is 5.58. The van der Waals surface area contributed by atoms with Crippen molar-refractivity contribution in [2.24, 2.45) is 5.92 Å². The molecule has 0 N–H and O–H groups in total. The first-order valence-corrected chi connectivity index (χ1v) is 6.40. The highest BCUT2D eigenvalue weighted by molar-refractivity contribution is 6.31. The second-order valence-corrected chi connectivity index (χ2v) is 5.36. The molecule has 0 radical (unpaired) electrons. The summed E-state index contributed by atoms with van der Waals surface area (Å²) in [4.78, 5) is 0. The zero-order chi connectivity index (χ0) is 12.1. The molecular formula is C13H17Cl2F. The highest BCUT2D eigenvalue weighted by atomic mass is 35.5. The number of rotatable bonds is 5. The monoisotopic (exact) mass is 262 g/mol. The van der Waals surface area contributed by atoms with Crippen LogP contribution in [0.4, 0.5) is 4.39 Å². The Morgan fingerprint density at radius 3 is 2.62 bits per heavy atom. The maximum absolute atomic E-state index is 13.0. The Balaban J connectivity index is 2.45. The van der Waals surface area contributed by atoms with Crippen LogP contribution in [0, 0.1) is 11.7 Å². The predicted molar refractivity (Wildman–Crippen MR) is 68.8 cm³/mol. The van der Waals surface area contributed by atoms with Gasteiger partial charge in [-0.05, 0) is 48.9 Å². The van der Waals surface area contributed by atoms with Crippen LogP contribution in [0.1, 0.15) is 32.3 Å². The molecule has 0 aliphatic rings. The molecule has 1 aromatic rings. The molecule has 0 nitrogen and oxygen atoms in total. The fourth-order valence-corrected chi connectivity index (χ4v) is 1.92. The van der Waals surface area contributed by atoms with Gasteiger partial charge in [-0.2, -0.15) is 0 Å². The van der Waals surface area contributed by atoms with Crippen LogP contribution in [0.2, 0.25) is 5.02 Å². The average molecular weight is 263 g/mol. The van der Waals surface area contributed by atoms with Crippen molar-refractivity contribution in [1.29, 1.82) is 0 Å². The Kier molecular flexibility index (Phi) is 5.57. The number of hydrogen-bond donors (Lipinski definition) is 0. The summed E-state index contributed by atoms with van der Waals surface area (Å²) in [7, 11) is 0. The maximum Gasteiger partial charge on any atom is 0.123 e.